The minimum atomic E-state index is -0.0188. The van der Waals surface area contributed by atoms with Gasteiger partial charge in [0, 0.05) is 6.04 Å². The highest BCUT2D eigenvalue weighted by Crippen LogP contribution is 2.09. The fourth-order valence-electron chi connectivity index (χ4n) is 0.645. The van der Waals surface area contributed by atoms with Gasteiger partial charge in [0.1, 0.15) is 0 Å². The van der Waals surface area contributed by atoms with Crippen LogP contribution in [-0.4, -0.2) is 29.3 Å². The highest BCUT2D eigenvalue weighted by molar-refractivity contribution is 7.99. The molecule has 0 bridgehead atoms. The number of thioether (sulfide) groups is 1. The smallest absolute Gasteiger partial charge is 0.0582 e. The second-order valence-electron chi connectivity index (χ2n) is 3.20. The molecular formula is C8H19NOS. The summed E-state index contributed by atoms with van der Waals surface area (Å²) in [5.74, 6) is 3.02. The summed E-state index contributed by atoms with van der Waals surface area (Å²) in [4.78, 5) is 0. The molecule has 0 aliphatic heterocycles. The predicted octanol–water partition coefficient (Wildman–Crippen LogP) is 1.09. The average Bonchev–Trinajstić information content (AvgIpc) is 1.97. The molecule has 11 heavy (non-hydrogen) atoms. The first-order chi connectivity index (χ1) is 5.16. The summed E-state index contributed by atoms with van der Waals surface area (Å²) in [6, 6.07) is -0.0188. The van der Waals surface area contributed by atoms with Crippen LogP contribution in [0.25, 0.3) is 0 Å². The summed E-state index contributed by atoms with van der Waals surface area (Å²) in [5.41, 5.74) is 5.53. The molecule has 0 aromatic rings. The molecular weight excluding hydrogens is 158 g/mol. The molecule has 0 radical (unpaired) electrons. The molecule has 0 spiro atoms. The number of aliphatic hydroxyl groups excluding tert-OH is 1. The zero-order valence-electron chi connectivity index (χ0n) is 7.42. The minimum Gasteiger partial charge on any atom is -0.395 e. The third kappa shape index (κ3) is 8.17. The maximum Gasteiger partial charge on any atom is 0.0582 e. The highest BCUT2D eigenvalue weighted by atomic mass is 32.2. The van der Waals surface area contributed by atoms with Gasteiger partial charge in [-0.2, -0.15) is 11.8 Å². The van der Waals surface area contributed by atoms with E-state index >= 15 is 0 Å². The van der Waals surface area contributed by atoms with E-state index in [9.17, 15) is 0 Å². The Morgan fingerprint density at radius 3 is 2.55 bits per heavy atom. The maximum absolute atomic E-state index is 8.61. The van der Waals surface area contributed by atoms with E-state index in [1.807, 2.05) is 11.8 Å². The summed E-state index contributed by atoms with van der Waals surface area (Å²) in [7, 11) is 0. The van der Waals surface area contributed by atoms with Crippen LogP contribution in [0.1, 0.15) is 20.3 Å². The lowest BCUT2D eigenvalue weighted by Gasteiger charge is -2.08. The summed E-state index contributed by atoms with van der Waals surface area (Å²) < 4.78 is 0. The van der Waals surface area contributed by atoms with E-state index < -0.39 is 0 Å². The molecule has 3 heteroatoms. The number of aliphatic hydroxyl groups is 1. The van der Waals surface area contributed by atoms with Gasteiger partial charge in [-0.15, -0.1) is 0 Å². The molecule has 0 aromatic carbocycles. The topological polar surface area (TPSA) is 46.2 Å². The Kier molecular flexibility index (Phi) is 7.12. The van der Waals surface area contributed by atoms with E-state index in [4.69, 9.17) is 10.8 Å². The molecule has 2 nitrogen and oxygen atoms in total. The molecule has 1 unspecified atom stereocenters. The first kappa shape index (κ1) is 11.3. The molecule has 0 saturated carbocycles. The second kappa shape index (κ2) is 6.95. The lowest BCUT2D eigenvalue weighted by molar-refractivity contribution is 0.264. The van der Waals surface area contributed by atoms with E-state index in [1.165, 1.54) is 5.75 Å². The summed E-state index contributed by atoms with van der Waals surface area (Å²) in [6.45, 7) is 4.53. The first-order valence-corrected chi connectivity index (χ1v) is 5.26. The van der Waals surface area contributed by atoms with E-state index in [0.717, 1.165) is 18.1 Å². The van der Waals surface area contributed by atoms with Crippen LogP contribution in [0.4, 0.5) is 0 Å². The molecule has 68 valence electrons. The van der Waals surface area contributed by atoms with E-state index in [2.05, 4.69) is 13.8 Å². The number of hydrogen-bond donors (Lipinski definition) is 2. The van der Waals surface area contributed by atoms with Crippen LogP contribution in [-0.2, 0) is 0 Å². The zero-order chi connectivity index (χ0) is 8.69. The molecule has 0 aromatic heterocycles. The normalized spacial score (nSPS) is 13.9. The van der Waals surface area contributed by atoms with Crippen molar-refractivity contribution in [2.45, 2.75) is 26.3 Å². The van der Waals surface area contributed by atoms with Gasteiger partial charge in [-0.1, -0.05) is 13.8 Å². The molecule has 0 rings (SSSR count). The van der Waals surface area contributed by atoms with Crippen molar-refractivity contribution in [3.05, 3.63) is 0 Å². The van der Waals surface area contributed by atoms with Crippen LogP contribution in [0.3, 0.4) is 0 Å². The number of rotatable bonds is 6. The lowest BCUT2D eigenvalue weighted by Crippen LogP contribution is -2.24. The van der Waals surface area contributed by atoms with Crippen molar-refractivity contribution in [1.29, 1.82) is 0 Å². The molecule has 3 N–H and O–H groups in total. The van der Waals surface area contributed by atoms with E-state index in [-0.39, 0.29) is 12.6 Å². The molecule has 0 aliphatic rings. The predicted molar refractivity (Wildman–Crippen MR) is 51.8 cm³/mol. The molecule has 0 fully saturated rings. The zero-order valence-corrected chi connectivity index (χ0v) is 8.23. The van der Waals surface area contributed by atoms with Gasteiger partial charge in [0.2, 0.25) is 0 Å². The van der Waals surface area contributed by atoms with Gasteiger partial charge in [0.15, 0.2) is 0 Å². The SMILES string of the molecule is CC(C)CSCCC(N)CO. The molecule has 0 amide bonds. The van der Waals surface area contributed by atoms with Gasteiger partial charge in [-0.25, -0.2) is 0 Å². The van der Waals surface area contributed by atoms with Crippen molar-refractivity contribution >= 4 is 11.8 Å². The summed E-state index contributed by atoms with van der Waals surface area (Å²) >= 11 is 1.91. The fraction of sp³-hybridized carbons (Fsp3) is 1.00. The van der Waals surface area contributed by atoms with Crippen LogP contribution >= 0.6 is 11.8 Å². The maximum atomic E-state index is 8.61. The minimum absolute atomic E-state index is 0.0188. The lowest BCUT2D eigenvalue weighted by atomic mass is 10.3. The van der Waals surface area contributed by atoms with Crippen LogP contribution < -0.4 is 5.73 Å². The third-order valence-corrected chi connectivity index (χ3v) is 2.75. The fourth-order valence-corrected chi connectivity index (χ4v) is 1.75. The molecule has 0 aliphatic carbocycles. The highest BCUT2D eigenvalue weighted by Gasteiger charge is 2.00. The van der Waals surface area contributed by atoms with Crippen molar-refractivity contribution in [1.82, 2.24) is 0 Å². The monoisotopic (exact) mass is 177 g/mol. The van der Waals surface area contributed by atoms with Crippen LogP contribution in [0.2, 0.25) is 0 Å². The van der Waals surface area contributed by atoms with Gasteiger partial charge in [-0.3, -0.25) is 0 Å². The Bertz CT molecular complexity index is 88.2. The van der Waals surface area contributed by atoms with Crippen LogP contribution in [0, 0.1) is 5.92 Å². The number of nitrogens with two attached hydrogens (primary N) is 1. The summed E-state index contributed by atoms with van der Waals surface area (Å²) in [5, 5.41) is 8.61. The molecule has 1 atom stereocenters. The van der Waals surface area contributed by atoms with Gasteiger partial charge >= 0.3 is 0 Å². The van der Waals surface area contributed by atoms with Gasteiger partial charge in [-0.05, 0) is 23.8 Å². The average molecular weight is 177 g/mol. The van der Waals surface area contributed by atoms with E-state index in [0.29, 0.717) is 0 Å². The van der Waals surface area contributed by atoms with Crippen LogP contribution in [0.5, 0.6) is 0 Å². The van der Waals surface area contributed by atoms with Crippen molar-refractivity contribution in [3.8, 4) is 0 Å². The van der Waals surface area contributed by atoms with E-state index in [1.54, 1.807) is 0 Å². The third-order valence-electron chi connectivity index (χ3n) is 1.32. The standard InChI is InChI=1S/C8H19NOS/c1-7(2)6-11-4-3-8(9)5-10/h7-8,10H,3-6,9H2,1-2H3. The van der Waals surface area contributed by atoms with Crippen molar-refractivity contribution in [3.63, 3.8) is 0 Å². The van der Waals surface area contributed by atoms with Gasteiger partial charge < -0.3 is 10.8 Å². The second-order valence-corrected chi connectivity index (χ2v) is 4.35. The molecule has 0 heterocycles. The van der Waals surface area contributed by atoms with Crippen molar-refractivity contribution in [2.24, 2.45) is 11.7 Å². The van der Waals surface area contributed by atoms with Gasteiger partial charge in [0.25, 0.3) is 0 Å². The van der Waals surface area contributed by atoms with Crippen LogP contribution in [0.15, 0.2) is 0 Å². The Morgan fingerprint density at radius 2 is 2.09 bits per heavy atom. The van der Waals surface area contributed by atoms with Crippen molar-refractivity contribution in [2.75, 3.05) is 18.1 Å². The largest absolute Gasteiger partial charge is 0.395 e. The number of hydrogen-bond acceptors (Lipinski definition) is 3. The first-order valence-electron chi connectivity index (χ1n) is 4.11. The summed E-state index contributed by atoms with van der Waals surface area (Å²) in [6.07, 6.45) is 0.924. The Labute approximate surface area is 73.6 Å². The quantitative estimate of drug-likeness (QED) is 0.597. The van der Waals surface area contributed by atoms with Crippen molar-refractivity contribution < 1.29 is 5.11 Å². The van der Waals surface area contributed by atoms with Gasteiger partial charge in [0.05, 0.1) is 6.61 Å². The molecule has 0 saturated heterocycles. The Balaban J connectivity index is 3.01. The Morgan fingerprint density at radius 1 is 1.45 bits per heavy atom. The Hall–Kier alpha value is 0.270.